The minimum atomic E-state index is -0.869. The fourth-order valence-electron chi connectivity index (χ4n) is 2.33. The molecule has 0 aliphatic rings. The lowest BCUT2D eigenvalue weighted by Crippen LogP contribution is -2.37. The van der Waals surface area contributed by atoms with Crippen LogP contribution in [0.25, 0.3) is 0 Å². The average molecular weight is 287 g/mol. The minimum absolute atomic E-state index is 0.0814. The van der Waals surface area contributed by atoms with Gasteiger partial charge in [-0.15, -0.1) is 0 Å². The summed E-state index contributed by atoms with van der Waals surface area (Å²) in [7, 11) is 0. The van der Waals surface area contributed by atoms with Gasteiger partial charge in [-0.05, 0) is 19.4 Å². The van der Waals surface area contributed by atoms with Crippen molar-refractivity contribution in [1.82, 2.24) is 5.32 Å². The van der Waals surface area contributed by atoms with E-state index in [0.717, 1.165) is 19.4 Å². The molecule has 4 heteroatoms. The van der Waals surface area contributed by atoms with E-state index in [4.69, 9.17) is 10.2 Å². The van der Waals surface area contributed by atoms with Crippen LogP contribution in [-0.2, 0) is 4.79 Å². The number of aliphatic hydroxyl groups is 1. The molecule has 4 nitrogen and oxygen atoms in total. The van der Waals surface area contributed by atoms with Gasteiger partial charge in [-0.3, -0.25) is 4.79 Å². The van der Waals surface area contributed by atoms with Gasteiger partial charge in [-0.2, -0.15) is 0 Å². The number of hydrogen-bond donors (Lipinski definition) is 3. The van der Waals surface area contributed by atoms with Crippen molar-refractivity contribution in [3.05, 3.63) is 0 Å². The van der Waals surface area contributed by atoms with Crippen LogP contribution in [-0.4, -0.2) is 35.4 Å². The first kappa shape index (κ1) is 19.4. The molecule has 0 aliphatic heterocycles. The van der Waals surface area contributed by atoms with Crippen LogP contribution in [0.3, 0.4) is 0 Å². The highest BCUT2D eigenvalue weighted by molar-refractivity contribution is 5.73. The van der Waals surface area contributed by atoms with E-state index in [-0.39, 0.29) is 13.0 Å². The third-order valence-electron chi connectivity index (χ3n) is 3.64. The van der Waals surface area contributed by atoms with Crippen LogP contribution >= 0.6 is 0 Å². The zero-order valence-electron chi connectivity index (χ0n) is 13.1. The monoisotopic (exact) mass is 287 g/mol. The van der Waals surface area contributed by atoms with Gasteiger partial charge in [0.05, 0.1) is 0 Å². The summed E-state index contributed by atoms with van der Waals surface area (Å²) in [5, 5.41) is 20.6. The Kier molecular flexibility index (Phi) is 14.3. The molecule has 0 aromatic carbocycles. The number of carbonyl (C=O) groups is 1. The molecule has 1 atom stereocenters. The molecule has 0 unspecified atom stereocenters. The summed E-state index contributed by atoms with van der Waals surface area (Å²) in [6.45, 7) is 2.89. The Morgan fingerprint density at radius 3 is 1.90 bits per heavy atom. The third kappa shape index (κ3) is 12.4. The van der Waals surface area contributed by atoms with E-state index in [1.165, 1.54) is 51.4 Å². The van der Waals surface area contributed by atoms with Gasteiger partial charge in [0.1, 0.15) is 6.04 Å². The number of carboxylic acid groups (broad SMARTS) is 1. The van der Waals surface area contributed by atoms with Gasteiger partial charge >= 0.3 is 5.97 Å². The number of nitrogens with one attached hydrogen (secondary N) is 1. The van der Waals surface area contributed by atoms with Crippen LogP contribution in [0.1, 0.15) is 77.6 Å². The highest BCUT2D eigenvalue weighted by Crippen LogP contribution is 2.10. The summed E-state index contributed by atoms with van der Waals surface area (Å²) in [5.41, 5.74) is 0. The van der Waals surface area contributed by atoms with Gasteiger partial charge < -0.3 is 15.5 Å². The van der Waals surface area contributed by atoms with Gasteiger partial charge in [0, 0.05) is 6.61 Å². The Bertz CT molecular complexity index is 222. The normalized spacial score (nSPS) is 12.5. The van der Waals surface area contributed by atoms with Gasteiger partial charge in [0.25, 0.3) is 0 Å². The lowest BCUT2D eigenvalue weighted by Gasteiger charge is -2.12. The number of unbranched alkanes of at least 4 members (excludes halogenated alkanes) is 9. The van der Waals surface area contributed by atoms with Crippen molar-refractivity contribution in [2.75, 3.05) is 13.2 Å². The van der Waals surface area contributed by atoms with Gasteiger partial charge in [0.15, 0.2) is 0 Å². The second-order valence-electron chi connectivity index (χ2n) is 5.54. The minimum Gasteiger partial charge on any atom is -0.480 e. The van der Waals surface area contributed by atoms with Crippen LogP contribution in [0.4, 0.5) is 0 Å². The maximum atomic E-state index is 10.8. The second-order valence-corrected chi connectivity index (χ2v) is 5.54. The molecular formula is C16H33NO3. The summed E-state index contributed by atoms with van der Waals surface area (Å²) in [6.07, 6.45) is 13.1. The maximum Gasteiger partial charge on any atom is 0.320 e. The topological polar surface area (TPSA) is 69.6 Å². The third-order valence-corrected chi connectivity index (χ3v) is 3.64. The number of hydrogen-bond acceptors (Lipinski definition) is 3. The Labute approximate surface area is 124 Å². The smallest absolute Gasteiger partial charge is 0.320 e. The van der Waals surface area contributed by atoms with Crippen LogP contribution < -0.4 is 5.32 Å². The molecule has 0 rings (SSSR count). The SMILES string of the molecule is CCCCCCCCCCCCN[C@@H](CCO)C(=O)O. The van der Waals surface area contributed by atoms with E-state index < -0.39 is 12.0 Å². The van der Waals surface area contributed by atoms with Crippen LogP contribution in [0, 0.1) is 0 Å². The zero-order valence-corrected chi connectivity index (χ0v) is 13.1. The van der Waals surface area contributed by atoms with E-state index >= 15 is 0 Å². The Balaban J connectivity index is 3.25. The fraction of sp³-hybridized carbons (Fsp3) is 0.938. The molecule has 0 amide bonds. The van der Waals surface area contributed by atoms with Gasteiger partial charge in [0.2, 0.25) is 0 Å². The molecule has 0 aliphatic carbocycles. The first-order chi connectivity index (χ1) is 9.72. The second kappa shape index (κ2) is 14.8. The summed E-state index contributed by atoms with van der Waals surface area (Å²) >= 11 is 0. The van der Waals surface area contributed by atoms with Crippen molar-refractivity contribution in [1.29, 1.82) is 0 Å². The fourth-order valence-corrected chi connectivity index (χ4v) is 2.33. The van der Waals surface area contributed by atoms with Crippen molar-refractivity contribution in [2.45, 2.75) is 83.6 Å². The Hall–Kier alpha value is -0.610. The molecule has 0 fully saturated rings. The molecule has 3 N–H and O–H groups in total. The quantitative estimate of drug-likeness (QED) is 0.404. The summed E-state index contributed by atoms with van der Waals surface area (Å²) in [5.74, 6) is -0.869. The first-order valence-corrected chi connectivity index (χ1v) is 8.29. The number of carboxylic acids is 1. The van der Waals surface area contributed by atoms with Crippen LogP contribution in [0.15, 0.2) is 0 Å². The van der Waals surface area contributed by atoms with Crippen LogP contribution in [0.5, 0.6) is 0 Å². The van der Waals surface area contributed by atoms with Crippen molar-refractivity contribution in [3.8, 4) is 0 Å². The maximum absolute atomic E-state index is 10.8. The molecule has 0 saturated carbocycles. The lowest BCUT2D eigenvalue weighted by atomic mass is 10.1. The van der Waals surface area contributed by atoms with E-state index in [1.807, 2.05) is 0 Å². The zero-order chi connectivity index (χ0) is 15.1. The average Bonchev–Trinajstić information content (AvgIpc) is 2.43. The molecule has 0 radical (unpaired) electrons. The highest BCUT2D eigenvalue weighted by Gasteiger charge is 2.14. The molecule has 0 spiro atoms. The van der Waals surface area contributed by atoms with E-state index in [9.17, 15) is 4.79 Å². The van der Waals surface area contributed by atoms with E-state index in [1.54, 1.807) is 0 Å². The number of aliphatic carboxylic acids is 1. The van der Waals surface area contributed by atoms with E-state index in [0.29, 0.717) is 0 Å². The number of rotatable bonds is 15. The largest absolute Gasteiger partial charge is 0.480 e. The molecular weight excluding hydrogens is 254 g/mol. The van der Waals surface area contributed by atoms with Crippen molar-refractivity contribution >= 4 is 5.97 Å². The molecule has 0 saturated heterocycles. The highest BCUT2D eigenvalue weighted by atomic mass is 16.4. The molecule has 0 aromatic rings. The molecule has 0 aromatic heterocycles. The summed E-state index contributed by atoms with van der Waals surface area (Å²) < 4.78 is 0. The molecule has 120 valence electrons. The predicted molar refractivity (Wildman–Crippen MR) is 83.0 cm³/mol. The van der Waals surface area contributed by atoms with E-state index in [2.05, 4.69) is 12.2 Å². The number of aliphatic hydroxyl groups excluding tert-OH is 1. The predicted octanol–water partition coefficient (Wildman–Crippen LogP) is 3.33. The Morgan fingerprint density at radius 2 is 1.45 bits per heavy atom. The van der Waals surface area contributed by atoms with Gasteiger partial charge in [-0.25, -0.2) is 0 Å². The Morgan fingerprint density at radius 1 is 0.950 bits per heavy atom. The molecule has 0 heterocycles. The van der Waals surface area contributed by atoms with Crippen molar-refractivity contribution in [3.63, 3.8) is 0 Å². The summed E-state index contributed by atoms with van der Waals surface area (Å²) in [4.78, 5) is 10.8. The standard InChI is InChI=1S/C16H33NO3/c1-2-3-4-5-6-7-8-9-10-11-13-17-15(12-14-18)16(19)20/h15,17-18H,2-14H2,1H3,(H,19,20)/t15-/m0/s1. The van der Waals surface area contributed by atoms with Gasteiger partial charge in [-0.1, -0.05) is 64.7 Å². The first-order valence-electron chi connectivity index (χ1n) is 8.29. The molecule has 0 bridgehead atoms. The van der Waals surface area contributed by atoms with Crippen molar-refractivity contribution < 1.29 is 15.0 Å². The van der Waals surface area contributed by atoms with Crippen molar-refractivity contribution in [2.24, 2.45) is 0 Å². The summed E-state index contributed by atoms with van der Waals surface area (Å²) in [6, 6.07) is -0.599. The molecule has 20 heavy (non-hydrogen) atoms. The lowest BCUT2D eigenvalue weighted by molar-refractivity contribution is -0.139. The van der Waals surface area contributed by atoms with Crippen LogP contribution in [0.2, 0.25) is 0 Å².